The van der Waals surface area contributed by atoms with E-state index < -0.39 is 0 Å². The predicted octanol–water partition coefficient (Wildman–Crippen LogP) is 0.931. The van der Waals surface area contributed by atoms with E-state index in [1.54, 1.807) is 7.11 Å². The molecule has 0 saturated carbocycles. The Balaban J connectivity index is 2.64. The van der Waals surface area contributed by atoms with Crippen molar-refractivity contribution < 1.29 is 4.74 Å². The van der Waals surface area contributed by atoms with Gasteiger partial charge in [-0.15, -0.1) is 0 Å². The van der Waals surface area contributed by atoms with Crippen LogP contribution in [0, 0.1) is 6.92 Å². The highest BCUT2D eigenvalue weighted by Crippen LogP contribution is 2.14. The smallest absolute Gasteiger partial charge is 0.0497 e. The molecule has 0 spiro atoms. The first kappa shape index (κ1) is 11.1. The molecule has 78 valence electrons. The summed E-state index contributed by atoms with van der Waals surface area (Å²) in [5, 5.41) is 0. The maximum atomic E-state index is 5.45. The summed E-state index contributed by atoms with van der Waals surface area (Å²) in [6, 6.07) is 4.12. The largest absolute Gasteiger partial charge is 0.385 e. The molecule has 3 N–H and O–H groups in total. The second kappa shape index (κ2) is 5.70. The van der Waals surface area contributed by atoms with Gasteiger partial charge in [-0.05, 0) is 25.0 Å². The van der Waals surface area contributed by atoms with Crippen LogP contribution in [0.2, 0.25) is 0 Å². The number of pyridine rings is 1. The molecule has 0 saturated heterocycles. The van der Waals surface area contributed by atoms with E-state index in [1.165, 1.54) is 0 Å². The van der Waals surface area contributed by atoms with Gasteiger partial charge in [-0.2, -0.15) is 0 Å². The highest BCUT2D eigenvalue weighted by atomic mass is 16.5. The van der Waals surface area contributed by atoms with E-state index in [-0.39, 0.29) is 6.04 Å². The van der Waals surface area contributed by atoms with Gasteiger partial charge in [-0.3, -0.25) is 16.3 Å². The number of nitrogens with one attached hydrogen (secondary N) is 1. The van der Waals surface area contributed by atoms with Gasteiger partial charge < -0.3 is 4.74 Å². The van der Waals surface area contributed by atoms with E-state index in [0.717, 1.165) is 17.7 Å². The van der Waals surface area contributed by atoms with Gasteiger partial charge in [-0.1, -0.05) is 6.07 Å². The number of rotatable bonds is 5. The van der Waals surface area contributed by atoms with Crippen molar-refractivity contribution in [3.05, 3.63) is 29.6 Å². The lowest BCUT2D eigenvalue weighted by atomic mass is 10.1. The van der Waals surface area contributed by atoms with Crippen molar-refractivity contribution in [1.82, 2.24) is 10.4 Å². The minimum atomic E-state index is 0.114. The topological polar surface area (TPSA) is 60.2 Å². The first-order valence-corrected chi connectivity index (χ1v) is 4.65. The molecule has 1 aromatic rings. The number of methoxy groups -OCH3 is 1. The van der Waals surface area contributed by atoms with E-state index in [9.17, 15) is 0 Å². The van der Waals surface area contributed by atoms with Gasteiger partial charge in [0.05, 0.1) is 0 Å². The summed E-state index contributed by atoms with van der Waals surface area (Å²) >= 11 is 0. The minimum Gasteiger partial charge on any atom is -0.385 e. The van der Waals surface area contributed by atoms with E-state index in [0.29, 0.717) is 6.61 Å². The molecule has 1 unspecified atom stereocenters. The van der Waals surface area contributed by atoms with Crippen LogP contribution in [0.1, 0.15) is 23.7 Å². The van der Waals surface area contributed by atoms with Gasteiger partial charge in [0, 0.05) is 31.6 Å². The lowest BCUT2D eigenvalue weighted by Crippen LogP contribution is -2.29. The Morgan fingerprint density at radius 3 is 2.86 bits per heavy atom. The van der Waals surface area contributed by atoms with Crippen molar-refractivity contribution in [3.63, 3.8) is 0 Å². The van der Waals surface area contributed by atoms with Crippen molar-refractivity contribution in [3.8, 4) is 0 Å². The summed E-state index contributed by atoms with van der Waals surface area (Å²) in [5.41, 5.74) is 4.86. The van der Waals surface area contributed by atoms with Crippen molar-refractivity contribution in [2.75, 3.05) is 13.7 Å². The van der Waals surface area contributed by atoms with Crippen molar-refractivity contribution in [1.29, 1.82) is 0 Å². The molecular weight excluding hydrogens is 178 g/mol. The number of hydrogen-bond acceptors (Lipinski definition) is 4. The molecule has 0 radical (unpaired) electrons. The Bertz CT molecular complexity index is 261. The minimum absolute atomic E-state index is 0.114. The van der Waals surface area contributed by atoms with Crippen LogP contribution in [0.15, 0.2) is 18.3 Å². The summed E-state index contributed by atoms with van der Waals surface area (Å²) in [7, 11) is 1.68. The third-order valence-electron chi connectivity index (χ3n) is 2.15. The van der Waals surface area contributed by atoms with E-state index in [1.807, 2.05) is 25.3 Å². The van der Waals surface area contributed by atoms with Crippen molar-refractivity contribution in [2.45, 2.75) is 19.4 Å². The van der Waals surface area contributed by atoms with Gasteiger partial charge in [0.2, 0.25) is 0 Å². The first-order valence-electron chi connectivity index (χ1n) is 4.65. The van der Waals surface area contributed by atoms with Crippen LogP contribution in [0.3, 0.4) is 0 Å². The van der Waals surface area contributed by atoms with Crippen LogP contribution in [-0.2, 0) is 4.74 Å². The van der Waals surface area contributed by atoms with E-state index in [4.69, 9.17) is 10.6 Å². The molecule has 0 aliphatic rings. The maximum Gasteiger partial charge on any atom is 0.0497 e. The Hall–Kier alpha value is -0.970. The number of ether oxygens (including phenoxy) is 1. The summed E-state index contributed by atoms with van der Waals surface area (Å²) in [4.78, 5) is 4.22. The van der Waals surface area contributed by atoms with Crippen LogP contribution in [0.5, 0.6) is 0 Å². The number of nitrogens with two attached hydrogens (primary N) is 1. The molecule has 4 heteroatoms. The molecule has 1 heterocycles. The van der Waals surface area contributed by atoms with Crippen LogP contribution in [0.4, 0.5) is 0 Å². The Kier molecular flexibility index (Phi) is 4.52. The Labute approximate surface area is 84.4 Å². The Morgan fingerprint density at radius 1 is 1.57 bits per heavy atom. The number of hydrazine groups is 1. The lowest BCUT2D eigenvalue weighted by molar-refractivity contribution is 0.183. The molecule has 0 aliphatic heterocycles. The fraction of sp³-hybridized carbons (Fsp3) is 0.500. The quantitative estimate of drug-likeness (QED) is 0.542. The highest BCUT2D eigenvalue weighted by Gasteiger charge is 2.08. The zero-order chi connectivity index (χ0) is 10.4. The van der Waals surface area contributed by atoms with Crippen LogP contribution >= 0.6 is 0 Å². The Morgan fingerprint density at radius 2 is 2.36 bits per heavy atom. The van der Waals surface area contributed by atoms with Gasteiger partial charge in [0.25, 0.3) is 0 Å². The average Bonchev–Trinajstić information content (AvgIpc) is 2.21. The van der Waals surface area contributed by atoms with Crippen LogP contribution < -0.4 is 11.3 Å². The summed E-state index contributed by atoms with van der Waals surface area (Å²) in [6.07, 6.45) is 2.69. The molecule has 0 amide bonds. The van der Waals surface area contributed by atoms with Gasteiger partial charge in [0.1, 0.15) is 0 Å². The number of hydrogen-bond donors (Lipinski definition) is 2. The molecular formula is C10H17N3O. The zero-order valence-corrected chi connectivity index (χ0v) is 8.66. The fourth-order valence-electron chi connectivity index (χ4n) is 1.27. The summed E-state index contributed by atoms with van der Waals surface area (Å²) in [6.45, 7) is 2.65. The SMILES string of the molecule is COCCC(NN)c1ccc(C)nc1. The van der Waals surface area contributed by atoms with E-state index in [2.05, 4.69) is 10.4 Å². The average molecular weight is 195 g/mol. The molecule has 0 fully saturated rings. The molecule has 1 rings (SSSR count). The second-order valence-corrected chi connectivity index (χ2v) is 3.23. The van der Waals surface area contributed by atoms with Gasteiger partial charge in [0.15, 0.2) is 0 Å². The zero-order valence-electron chi connectivity index (χ0n) is 8.66. The lowest BCUT2D eigenvalue weighted by Gasteiger charge is -2.15. The molecule has 0 aliphatic carbocycles. The van der Waals surface area contributed by atoms with Crippen molar-refractivity contribution >= 4 is 0 Å². The van der Waals surface area contributed by atoms with Gasteiger partial charge in [-0.25, -0.2) is 0 Å². The highest BCUT2D eigenvalue weighted by molar-refractivity contribution is 5.16. The standard InChI is InChI=1S/C10H17N3O/c1-8-3-4-9(7-12-8)10(13-11)5-6-14-2/h3-4,7,10,13H,5-6,11H2,1-2H3. The normalized spacial score (nSPS) is 12.8. The molecule has 4 nitrogen and oxygen atoms in total. The molecule has 1 atom stereocenters. The summed E-state index contributed by atoms with van der Waals surface area (Å²) in [5.74, 6) is 5.45. The molecule has 0 bridgehead atoms. The number of aryl methyl sites for hydroxylation is 1. The second-order valence-electron chi connectivity index (χ2n) is 3.23. The molecule has 0 aromatic carbocycles. The van der Waals surface area contributed by atoms with E-state index >= 15 is 0 Å². The molecule has 14 heavy (non-hydrogen) atoms. The summed E-state index contributed by atoms with van der Waals surface area (Å²) < 4.78 is 5.00. The predicted molar refractivity (Wildman–Crippen MR) is 55.5 cm³/mol. The fourth-order valence-corrected chi connectivity index (χ4v) is 1.27. The number of nitrogens with zero attached hydrogens (tertiary/aromatic N) is 1. The monoisotopic (exact) mass is 195 g/mol. The van der Waals surface area contributed by atoms with Crippen molar-refractivity contribution in [2.24, 2.45) is 5.84 Å². The maximum absolute atomic E-state index is 5.45. The third kappa shape index (κ3) is 3.06. The molecule has 1 aromatic heterocycles. The van der Waals surface area contributed by atoms with Crippen LogP contribution in [0.25, 0.3) is 0 Å². The third-order valence-corrected chi connectivity index (χ3v) is 2.15. The van der Waals surface area contributed by atoms with Crippen LogP contribution in [-0.4, -0.2) is 18.7 Å². The first-order chi connectivity index (χ1) is 6.77. The van der Waals surface area contributed by atoms with Gasteiger partial charge >= 0.3 is 0 Å². The number of aromatic nitrogens is 1.